The Morgan fingerprint density at radius 3 is 2.29 bits per heavy atom. The third-order valence-electron chi connectivity index (χ3n) is 4.86. The third-order valence-corrected chi connectivity index (χ3v) is 6.25. The summed E-state index contributed by atoms with van der Waals surface area (Å²) in [6.07, 6.45) is 2.58. The van der Waals surface area contributed by atoms with Crippen LogP contribution in [0, 0.1) is 0 Å². The van der Waals surface area contributed by atoms with E-state index in [-0.39, 0.29) is 6.54 Å². The van der Waals surface area contributed by atoms with Crippen LogP contribution in [-0.2, 0) is 16.6 Å². The molecule has 10 heteroatoms. The summed E-state index contributed by atoms with van der Waals surface area (Å²) in [7, 11) is -0.514. The molecule has 0 spiro atoms. The van der Waals surface area contributed by atoms with Crippen LogP contribution in [0.4, 0.5) is 5.69 Å². The average Bonchev–Trinajstić information content (AvgIpc) is 2.82. The lowest BCUT2D eigenvalue weighted by molar-refractivity contribution is 0.0955. The van der Waals surface area contributed by atoms with Gasteiger partial charge in [0.1, 0.15) is 0 Å². The molecule has 0 aliphatic rings. The van der Waals surface area contributed by atoms with Crippen molar-refractivity contribution in [3.8, 4) is 11.5 Å². The first-order valence-corrected chi connectivity index (χ1v) is 12.3. The second-order valence-electron chi connectivity index (χ2n) is 7.22. The van der Waals surface area contributed by atoms with E-state index in [1.54, 1.807) is 54.6 Å². The number of benzene rings is 3. The van der Waals surface area contributed by atoms with E-state index in [4.69, 9.17) is 21.1 Å². The summed E-state index contributed by atoms with van der Waals surface area (Å²) in [5.41, 5.74) is 4.60. The number of carbonyl (C=O) groups is 1. The van der Waals surface area contributed by atoms with Crippen molar-refractivity contribution in [1.29, 1.82) is 0 Å². The van der Waals surface area contributed by atoms with Gasteiger partial charge in [-0.25, -0.2) is 13.8 Å². The number of methoxy groups -OCH3 is 2. The van der Waals surface area contributed by atoms with Crippen LogP contribution in [0.25, 0.3) is 0 Å². The van der Waals surface area contributed by atoms with E-state index in [2.05, 4.69) is 10.5 Å². The molecule has 178 valence electrons. The zero-order chi connectivity index (χ0) is 24.7. The zero-order valence-electron chi connectivity index (χ0n) is 18.9. The highest BCUT2D eigenvalue weighted by molar-refractivity contribution is 7.92. The highest BCUT2D eigenvalue weighted by Gasteiger charge is 2.18. The molecule has 0 bridgehead atoms. The molecule has 0 unspecified atom stereocenters. The van der Waals surface area contributed by atoms with Gasteiger partial charge in [0.25, 0.3) is 5.91 Å². The number of halogens is 1. The minimum absolute atomic E-state index is 0.133. The van der Waals surface area contributed by atoms with Crippen LogP contribution in [0.2, 0.25) is 5.02 Å². The summed E-state index contributed by atoms with van der Waals surface area (Å²) in [4.78, 5) is 12.5. The molecule has 0 radical (unpaired) electrons. The van der Waals surface area contributed by atoms with E-state index in [1.165, 1.54) is 36.9 Å². The molecule has 34 heavy (non-hydrogen) atoms. The number of para-hydroxylation sites is 1. The molecule has 8 nitrogen and oxygen atoms in total. The summed E-state index contributed by atoms with van der Waals surface area (Å²) < 4.78 is 36.6. The average molecular weight is 502 g/mol. The Morgan fingerprint density at radius 1 is 1.03 bits per heavy atom. The van der Waals surface area contributed by atoms with Gasteiger partial charge in [-0.2, -0.15) is 5.10 Å². The number of amides is 1. The van der Waals surface area contributed by atoms with Crippen LogP contribution in [0.5, 0.6) is 11.5 Å². The lowest BCUT2D eigenvalue weighted by atomic mass is 10.2. The highest BCUT2D eigenvalue weighted by atomic mass is 35.5. The van der Waals surface area contributed by atoms with Crippen LogP contribution in [-0.4, -0.2) is 41.0 Å². The quantitative estimate of drug-likeness (QED) is 0.352. The Hall–Kier alpha value is -3.56. The van der Waals surface area contributed by atoms with Crippen molar-refractivity contribution in [2.75, 3.05) is 24.8 Å². The first-order valence-electron chi connectivity index (χ1n) is 10.1. The predicted octanol–water partition coefficient (Wildman–Crippen LogP) is 4.09. The second kappa shape index (κ2) is 11.0. The lowest BCUT2D eigenvalue weighted by Crippen LogP contribution is -2.29. The van der Waals surface area contributed by atoms with Crippen molar-refractivity contribution in [1.82, 2.24) is 5.43 Å². The van der Waals surface area contributed by atoms with Gasteiger partial charge in [-0.3, -0.25) is 9.10 Å². The van der Waals surface area contributed by atoms with E-state index < -0.39 is 15.9 Å². The van der Waals surface area contributed by atoms with Crippen LogP contribution >= 0.6 is 11.6 Å². The van der Waals surface area contributed by atoms with Crippen molar-refractivity contribution in [3.63, 3.8) is 0 Å². The standard InChI is InChI=1S/C24H24ClN3O5S/c1-32-22-6-4-5-19(23(22)33-2)15-26-27-24(29)18-9-13-21(14-10-18)28(34(3,30)31)16-17-7-11-20(25)12-8-17/h4-15H,16H2,1-3H3,(H,27,29)/b26-15+. The number of anilines is 1. The number of hydrazone groups is 1. The lowest BCUT2D eigenvalue weighted by Gasteiger charge is -2.22. The molecule has 3 rings (SSSR count). The molecule has 1 amide bonds. The molecule has 0 saturated heterocycles. The summed E-state index contributed by atoms with van der Waals surface area (Å²) in [5.74, 6) is 0.588. The summed E-state index contributed by atoms with van der Waals surface area (Å²) in [6.45, 7) is 0.133. The van der Waals surface area contributed by atoms with E-state index in [0.29, 0.717) is 33.3 Å². The van der Waals surface area contributed by atoms with Gasteiger partial charge in [-0.05, 0) is 54.1 Å². The van der Waals surface area contributed by atoms with E-state index in [9.17, 15) is 13.2 Å². The van der Waals surface area contributed by atoms with Gasteiger partial charge >= 0.3 is 0 Å². The molecule has 0 atom stereocenters. The number of hydrogen-bond donors (Lipinski definition) is 1. The summed E-state index contributed by atoms with van der Waals surface area (Å²) >= 11 is 5.91. The van der Waals surface area contributed by atoms with Gasteiger partial charge < -0.3 is 9.47 Å². The third kappa shape index (κ3) is 6.27. The molecule has 0 aromatic heterocycles. The Bertz CT molecular complexity index is 1280. The maximum atomic E-state index is 12.5. The van der Waals surface area contributed by atoms with Crippen LogP contribution in [0.1, 0.15) is 21.5 Å². The number of rotatable bonds is 9. The molecular formula is C24H24ClN3O5S. The van der Waals surface area contributed by atoms with Crippen molar-refractivity contribution >= 4 is 39.4 Å². The fourth-order valence-electron chi connectivity index (χ4n) is 3.17. The van der Waals surface area contributed by atoms with E-state index in [1.807, 2.05) is 0 Å². The molecule has 0 aliphatic heterocycles. The fourth-order valence-corrected chi connectivity index (χ4v) is 4.19. The summed E-state index contributed by atoms with van der Waals surface area (Å²) in [5, 5.41) is 4.55. The molecule has 0 aliphatic carbocycles. The predicted molar refractivity (Wildman–Crippen MR) is 134 cm³/mol. The smallest absolute Gasteiger partial charge is 0.271 e. The second-order valence-corrected chi connectivity index (χ2v) is 9.57. The molecule has 0 heterocycles. The minimum Gasteiger partial charge on any atom is -0.493 e. The number of nitrogens with zero attached hydrogens (tertiary/aromatic N) is 2. The van der Waals surface area contributed by atoms with Gasteiger partial charge in [-0.1, -0.05) is 29.8 Å². The monoisotopic (exact) mass is 501 g/mol. The number of ether oxygens (including phenoxy) is 2. The van der Waals surface area contributed by atoms with Crippen LogP contribution in [0.3, 0.4) is 0 Å². The molecule has 3 aromatic carbocycles. The molecular weight excluding hydrogens is 478 g/mol. The number of carbonyl (C=O) groups excluding carboxylic acids is 1. The first kappa shape index (κ1) is 25.1. The molecule has 0 saturated carbocycles. The largest absolute Gasteiger partial charge is 0.493 e. The van der Waals surface area contributed by atoms with Crippen molar-refractivity contribution in [3.05, 3.63) is 88.4 Å². The maximum absolute atomic E-state index is 12.5. The van der Waals surface area contributed by atoms with Crippen LogP contribution in [0.15, 0.2) is 71.8 Å². The number of nitrogens with one attached hydrogen (secondary N) is 1. The van der Waals surface area contributed by atoms with Gasteiger partial charge in [0, 0.05) is 16.1 Å². The molecule has 1 N–H and O–H groups in total. The van der Waals surface area contributed by atoms with Crippen molar-refractivity contribution in [2.24, 2.45) is 5.10 Å². The number of sulfonamides is 1. The van der Waals surface area contributed by atoms with Gasteiger partial charge in [0.05, 0.1) is 38.9 Å². The zero-order valence-corrected chi connectivity index (χ0v) is 20.4. The van der Waals surface area contributed by atoms with Gasteiger partial charge in [0.2, 0.25) is 10.0 Å². The Morgan fingerprint density at radius 2 is 1.71 bits per heavy atom. The highest BCUT2D eigenvalue weighted by Crippen LogP contribution is 2.29. The van der Waals surface area contributed by atoms with Crippen molar-refractivity contribution < 1.29 is 22.7 Å². The van der Waals surface area contributed by atoms with Crippen LogP contribution < -0.4 is 19.2 Å². The Balaban J connectivity index is 1.73. The SMILES string of the molecule is COc1cccc(/C=N/NC(=O)c2ccc(N(Cc3ccc(Cl)cc3)S(C)(=O)=O)cc2)c1OC. The fraction of sp³-hybridized carbons (Fsp3) is 0.167. The molecule has 0 fully saturated rings. The van der Waals surface area contributed by atoms with Crippen molar-refractivity contribution in [2.45, 2.75) is 6.54 Å². The summed E-state index contributed by atoms with van der Waals surface area (Å²) in [6, 6.07) is 18.4. The Kier molecular flexibility index (Phi) is 8.14. The van der Waals surface area contributed by atoms with Gasteiger partial charge in [0.15, 0.2) is 11.5 Å². The maximum Gasteiger partial charge on any atom is 0.271 e. The first-order chi connectivity index (χ1) is 16.2. The van der Waals surface area contributed by atoms with E-state index >= 15 is 0 Å². The Labute approximate surface area is 203 Å². The topological polar surface area (TPSA) is 97.3 Å². The number of hydrogen-bond acceptors (Lipinski definition) is 6. The minimum atomic E-state index is -3.56. The normalized spacial score (nSPS) is 11.3. The molecule has 3 aromatic rings. The van der Waals surface area contributed by atoms with E-state index in [0.717, 1.165) is 11.8 Å². The van der Waals surface area contributed by atoms with Gasteiger partial charge in [-0.15, -0.1) is 0 Å².